The fourth-order valence-electron chi connectivity index (χ4n) is 7.94. The zero-order valence-corrected chi connectivity index (χ0v) is 28.6. The first-order valence-electron chi connectivity index (χ1n) is 17.3. The second kappa shape index (κ2) is 13.4. The first-order valence-corrected chi connectivity index (χ1v) is 17.3. The van der Waals surface area contributed by atoms with Crippen LogP contribution in [-0.4, -0.2) is 15.8 Å². The fraction of sp³-hybridized carbons (Fsp3) is 0.109. The number of hydrogen-bond acceptors (Lipinski definition) is 3. The molecular formula is C46H32FN5. The van der Waals surface area contributed by atoms with E-state index in [0.29, 0.717) is 33.5 Å². The quantitative estimate of drug-likeness (QED) is 0.165. The van der Waals surface area contributed by atoms with Crippen LogP contribution in [0.3, 0.4) is 0 Å². The predicted molar refractivity (Wildman–Crippen MR) is 209 cm³/mol. The van der Waals surface area contributed by atoms with E-state index in [-0.39, 0.29) is 0 Å². The van der Waals surface area contributed by atoms with Gasteiger partial charge in [0.15, 0.2) is 0 Å². The molecule has 0 N–H and O–H groups in total. The Hall–Kier alpha value is -6.94. The van der Waals surface area contributed by atoms with E-state index < -0.39 is 6.67 Å². The van der Waals surface area contributed by atoms with Crippen LogP contribution in [0.2, 0.25) is 0 Å². The molecule has 0 amide bonds. The molecule has 0 fully saturated rings. The number of para-hydroxylation sites is 2. The van der Waals surface area contributed by atoms with E-state index in [4.69, 9.17) is 0 Å². The van der Waals surface area contributed by atoms with Gasteiger partial charge in [-0.1, -0.05) is 72.8 Å². The van der Waals surface area contributed by atoms with Gasteiger partial charge in [-0.3, -0.25) is 0 Å². The summed E-state index contributed by atoms with van der Waals surface area (Å²) in [4.78, 5) is 0. The van der Waals surface area contributed by atoms with E-state index in [1.807, 2.05) is 96.4 Å². The molecule has 52 heavy (non-hydrogen) atoms. The minimum Gasteiger partial charge on any atom is -0.313 e. The third-order valence-electron chi connectivity index (χ3n) is 10.1. The summed E-state index contributed by atoms with van der Waals surface area (Å²) < 4.78 is 20.0. The number of nitriles is 3. The van der Waals surface area contributed by atoms with Crippen LogP contribution in [0.25, 0.3) is 66.2 Å². The number of aromatic nitrogens is 2. The number of rotatable bonds is 6. The molecule has 0 aliphatic heterocycles. The number of alkyl halides is 1. The first kappa shape index (κ1) is 32.3. The van der Waals surface area contributed by atoms with Crippen LogP contribution in [0, 0.1) is 34.0 Å². The van der Waals surface area contributed by atoms with Gasteiger partial charge >= 0.3 is 0 Å². The smallest absolute Gasteiger partial charge is 0.130 e. The van der Waals surface area contributed by atoms with Gasteiger partial charge in [0, 0.05) is 38.4 Å². The lowest BCUT2D eigenvalue weighted by molar-refractivity contribution is 0.562. The first-order chi connectivity index (χ1) is 25.6. The second-order valence-corrected chi connectivity index (χ2v) is 12.9. The lowest BCUT2D eigenvalue weighted by atomic mass is 9.87. The van der Waals surface area contributed by atoms with Crippen molar-refractivity contribution < 1.29 is 4.39 Å². The summed E-state index contributed by atoms with van der Waals surface area (Å²) in [5.74, 6) is 0. The van der Waals surface area contributed by atoms with Gasteiger partial charge in [0.1, 0.15) is 6.67 Å². The van der Waals surface area contributed by atoms with E-state index in [1.54, 1.807) is 12.1 Å². The van der Waals surface area contributed by atoms with E-state index >= 15 is 4.39 Å². The SMILES string of the molecule is C/C=C\C(=C(/CF)n1c2ccccc2c2cc(C#N)ccc21)c1c(C#N)cccc1C1=CC=C(n2c3ccccc3c3c(C#N)cccc32)CCC1. The van der Waals surface area contributed by atoms with E-state index in [2.05, 4.69) is 53.1 Å². The lowest BCUT2D eigenvalue weighted by Crippen LogP contribution is -2.06. The summed E-state index contributed by atoms with van der Waals surface area (Å²) >= 11 is 0. The highest BCUT2D eigenvalue weighted by atomic mass is 19.1. The summed E-state index contributed by atoms with van der Waals surface area (Å²) in [5.41, 5.74) is 10.1. The molecule has 248 valence electrons. The van der Waals surface area contributed by atoms with Gasteiger partial charge in [0.25, 0.3) is 0 Å². The van der Waals surface area contributed by atoms with Gasteiger partial charge in [0.2, 0.25) is 0 Å². The third-order valence-corrected chi connectivity index (χ3v) is 10.1. The molecule has 0 saturated carbocycles. The molecular weight excluding hydrogens is 642 g/mol. The molecule has 7 aromatic rings. The summed E-state index contributed by atoms with van der Waals surface area (Å²) in [5, 5.41) is 33.9. The largest absolute Gasteiger partial charge is 0.313 e. The highest BCUT2D eigenvalue weighted by Gasteiger charge is 2.23. The van der Waals surface area contributed by atoms with Gasteiger partial charge < -0.3 is 9.13 Å². The number of nitrogens with zero attached hydrogens (tertiary/aromatic N) is 5. The van der Waals surface area contributed by atoms with Crippen molar-refractivity contribution in [3.05, 3.63) is 155 Å². The van der Waals surface area contributed by atoms with Crippen LogP contribution in [0.15, 0.2) is 127 Å². The van der Waals surface area contributed by atoms with Crippen LogP contribution < -0.4 is 0 Å². The van der Waals surface area contributed by atoms with Crippen LogP contribution in [-0.2, 0) is 0 Å². The van der Waals surface area contributed by atoms with E-state index in [9.17, 15) is 15.8 Å². The average Bonchev–Trinajstić information content (AvgIpc) is 3.58. The molecule has 1 aliphatic carbocycles. The molecule has 2 heterocycles. The van der Waals surface area contributed by atoms with Gasteiger partial charge in [-0.2, -0.15) is 15.8 Å². The molecule has 0 saturated heterocycles. The van der Waals surface area contributed by atoms with Gasteiger partial charge in [-0.05, 0) is 91.9 Å². The molecule has 5 aromatic carbocycles. The Bertz CT molecular complexity index is 2850. The van der Waals surface area contributed by atoms with Crippen LogP contribution in [0.1, 0.15) is 54.0 Å². The van der Waals surface area contributed by atoms with Crippen molar-refractivity contribution in [3.63, 3.8) is 0 Å². The maximum absolute atomic E-state index is 15.8. The highest BCUT2D eigenvalue weighted by Crippen LogP contribution is 2.41. The standard InChI is InChI=1S/C46H32FN5/c1-2-10-37(44(26-47)52-40-18-5-3-15-36(40)39-25-30(27-48)21-24-42(39)52)45-32(28-49)12-8-17-35(45)31-11-7-14-34(23-22-31)51-41-19-6-4-16-38(41)46-33(29-50)13-9-20-43(46)51/h2-6,8-10,12-13,15-25H,7,11,14,26H2,1H3/b10-2-,44-37-. The number of fused-ring (bicyclic) bond motifs is 6. The Morgan fingerprint density at radius 3 is 2.19 bits per heavy atom. The Labute approximate surface area is 301 Å². The lowest BCUT2D eigenvalue weighted by Gasteiger charge is -2.20. The van der Waals surface area contributed by atoms with Crippen molar-refractivity contribution in [1.29, 1.82) is 15.8 Å². The molecule has 0 bridgehead atoms. The number of benzene rings is 5. The normalized spacial score (nSPS) is 13.8. The van der Waals surface area contributed by atoms with Crippen LogP contribution in [0.4, 0.5) is 4.39 Å². The Kier molecular flexibility index (Phi) is 8.32. The minimum atomic E-state index is -0.784. The molecule has 1 aliphatic rings. The monoisotopic (exact) mass is 673 g/mol. The second-order valence-electron chi connectivity index (χ2n) is 12.9. The molecule has 0 atom stereocenters. The van der Waals surface area contributed by atoms with Crippen molar-refractivity contribution in [1.82, 2.24) is 9.13 Å². The van der Waals surface area contributed by atoms with Crippen LogP contribution in [0.5, 0.6) is 0 Å². The maximum Gasteiger partial charge on any atom is 0.130 e. The average molecular weight is 674 g/mol. The summed E-state index contributed by atoms with van der Waals surface area (Å²) in [6, 6.07) is 40.2. The Morgan fingerprint density at radius 2 is 1.42 bits per heavy atom. The zero-order valence-electron chi connectivity index (χ0n) is 28.6. The van der Waals surface area contributed by atoms with Crippen molar-refractivity contribution in [3.8, 4) is 18.2 Å². The number of halogens is 1. The Morgan fingerprint density at radius 1 is 0.712 bits per heavy atom. The van der Waals surface area contributed by atoms with Gasteiger partial charge in [-0.25, -0.2) is 4.39 Å². The number of hydrogen-bond donors (Lipinski definition) is 0. The van der Waals surface area contributed by atoms with Crippen molar-refractivity contribution >= 4 is 66.2 Å². The molecule has 0 radical (unpaired) electrons. The van der Waals surface area contributed by atoms with Gasteiger partial charge in [-0.15, -0.1) is 0 Å². The number of allylic oxidation sites excluding steroid dienone is 8. The Balaban J connectivity index is 1.36. The van der Waals surface area contributed by atoms with E-state index in [1.165, 1.54) is 0 Å². The fourth-order valence-corrected chi connectivity index (χ4v) is 7.94. The van der Waals surface area contributed by atoms with E-state index in [0.717, 1.165) is 79.7 Å². The summed E-state index contributed by atoms with van der Waals surface area (Å²) in [6.45, 7) is 1.12. The molecule has 6 heteroatoms. The van der Waals surface area contributed by atoms with Crippen molar-refractivity contribution in [2.24, 2.45) is 0 Å². The third kappa shape index (κ3) is 5.11. The highest BCUT2D eigenvalue weighted by molar-refractivity contribution is 6.14. The molecule has 0 spiro atoms. The van der Waals surface area contributed by atoms with Crippen molar-refractivity contribution in [2.45, 2.75) is 26.2 Å². The maximum atomic E-state index is 15.8. The summed E-state index contributed by atoms with van der Waals surface area (Å²) in [7, 11) is 0. The molecule has 0 unspecified atom stereocenters. The van der Waals surface area contributed by atoms with Gasteiger partial charge in [0.05, 0.1) is 62.7 Å². The minimum absolute atomic E-state index is 0.419. The summed E-state index contributed by atoms with van der Waals surface area (Å²) in [6.07, 6.45) is 10.5. The predicted octanol–water partition coefficient (Wildman–Crippen LogP) is 11.5. The molecule has 8 rings (SSSR count). The zero-order chi connectivity index (χ0) is 35.8. The van der Waals surface area contributed by atoms with Crippen LogP contribution >= 0.6 is 0 Å². The topological polar surface area (TPSA) is 81.2 Å². The molecule has 5 nitrogen and oxygen atoms in total. The molecule has 2 aromatic heterocycles. The van der Waals surface area contributed by atoms with Crippen molar-refractivity contribution in [2.75, 3.05) is 6.67 Å².